The van der Waals surface area contributed by atoms with Gasteiger partial charge in [0.2, 0.25) is 15.9 Å². The van der Waals surface area contributed by atoms with Gasteiger partial charge in [0.25, 0.3) is 0 Å². The molecule has 5 nitrogen and oxygen atoms in total. The smallest absolute Gasteiger partial charge is 0.243 e. The van der Waals surface area contributed by atoms with E-state index in [0.29, 0.717) is 24.4 Å². The summed E-state index contributed by atoms with van der Waals surface area (Å²) in [4.78, 5) is 12.9. The van der Waals surface area contributed by atoms with Crippen LogP contribution in [0, 0.1) is 5.92 Å². The Morgan fingerprint density at radius 1 is 1.15 bits per heavy atom. The van der Waals surface area contributed by atoms with Gasteiger partial charge in [0, 0.05) is 18.1 Å². The minimum atomic E-state index is -3.63. The van der Waals surface area contributed by atoms with Crippen molar-refractivity contribution in [3.8, 4) is 0 Å². The van der Waals surface area contributed by atoms with Crippen LogP contribution in [0.4, 0.5) is 0 Å². The van der Waals surface area contributed by atoms with E-state index in [2.05, 4.69) is 5.32 Å². The van der Waals surface area contributed by atoms with Gasteiger partial charge in [-0.25, -0.2) is 8.42 Å². The second-order valence-electron chi connectivity index (χ2n) is 6.80. The SMILES string of the molecule is C[C@@H](NC(=O)[C@H]1CCCN(S(=O)(=O)c2ccc(Cl)cc2)C1)c1ccccc1. The molecule has 0 saturated carbocycles. The van der Waals surface area contributed by atoms with Gasteiger partial charge in [0.1, 0.15) is 0 Å². The number of amides is 1. The Morgan fingerprint density at radius 2 is 1.81 bits per heavy atom. The quantitative estimate of drug-likeness (QED) is 0.824. The third-order valence-corrected chi connectivity index (χ3v) is 7.00. The predicted molar refractivity (Wildman–Crippen MR) is 106 cm³/mol. The number of sulfonamides is 1. The summed E-state index contributed by atoms with van der Waals surface area (Å²) in [6.45, 7) is 2.54. The van der Waals surface area contributed by atoms with Crippen LogP contribution in [-0.2, 0) is 14.8 Å². The molecule has 1 aliphatic rings. The van der Waals surface area contributed by atoms with Crippen molar-refractivity contribution < 1.29 is 13.2 Å². The summed E-state index contributed by atoms with van der Waals surface area (Å²) in [7, 11) is -3.63. The van der Waals surface area contributed by atoms with E-state index in [4.69, 9.17) is 11.6 Å². The van der Waals surface area contributed by atoms with Gasteiger partial charge in [-0.2, -0.15) is 4.31 Å². The van der Waals surface area contributed by atoms with Crippen LogP contribution in [0.3, 0.4) is 0 Å². The molecule has 0 aliphatic carbocycles. The monoisotopic (exact) mass is 406 g/mol. The molecular formula is C20H23ClN2O3S. The number of nitrogens with zero attached hydrogens (tertiary/aromatic N) is 1. The zero-order chi connectivity index (χ0) is 19.4. The molecule has 2 aromatic carbocycles. The standard InChI is InChI=1S/C20H23ClN2O3S/c1-15(16-6-3-2-4-7-16)22-20(24)17-8-5-13-23(14-17)27(25,26)19-11-9-18(21)10-12-19/h2-4,6-7,9-12,15,17H,5,8,13-14H2,1H3,(H,22,24)/t15-,17+/m1/s1. The van der Waals surface area contributed by atoms with E-state index in [1.54, 1.807) is 12.1 Å². The lowest BCUT2D eigenvalue weighted by molar-refractivity contribution is -0.126. The summed E-state index contributed by atoms with van der Waals surface area (Å²) in [6, 6.07) is 15.7. The van der Waals surface area contributed by atoms with E-state index in [1.807, 2.05) is 37.3 Å². The predicted octanol–water partition coefficient (Wildman–Crippen LogP) is 3.62. The zero-order valence-corrected chi connectivity index (χ0v) is 16.7. The second kappa shape index (κ2) is 8.42. The average Bonchev–Trinajstić information content (AvgIpc) is 2.69. The fourth-order valence-electron chi connectivity index (χ4n) is 3.29. The fourth-order valence-corrected chi connectivity index (χ4v) is 4.94. The van der Waals surface area contributed by atoms with Gasteiger partial charge < -0.3 is 5.32 Å². The topological polar surface area (TPSA) is 66.5 Å². The van der Waals surface area contributed by atoms with Gasteiger partial charge >= 0.3 is 0 Å². The summed E-state index contributed by atoms with van der Waals surface area (Å²) >= 11 is 5.85. The molecule has 1 N–H and O–H groups in total. The largest absolute Gasteiger partial charge is 0.349 e. The second-order valence-corrected chi connectivity index (χ2v) is 9.17. The molecule has 0 radical (unpaired) electrons. The maximum Gasteiger partial charge on any atom is 0.243 e. The first-order valence-corrected chi connectivity index (χ1v) is 10.8. The third-order valence-electron chi connectivity index (χ3n) is 4.86. The molecule has 2 aromatic rings. The first-order chi connectivity index (χ1) is 12.9. The molecule has 3 rings (SSSR count). The van der Waals surface area contributed by atoms with Crippen molar-refractivity contribution in [2.75, 3.05) is 13.1 Å². The Labute approximate surface area is 165 Å². The maximum absolute atomic E-state index is 12.9. The molecule has 0 aromatic heterocycles. The Morgan fingerprint density at radius 3 is 2.48 bits per heavy atom. The molecule has 0 bridgehead atoms. The number of halogens is 1. The Kier molecular flexibility index (Phi) is 6.19. The Balaban J connectivity index is 1.68. The van der Waals surface area contributed by atoms with Crippen molar-refractivity contribution in [3.63, 3.8) is 0 Å². The molecule has 27 heavy (non-hydrogen) atoms. The fraction of sp³-hybridized carbons (Fsp3) is 0.350. The molecule has 1 fully saturated rings. The molecule has 144 valence electrons. The van der Waals surface area contributed by atoms with Crippen LogP contribution in [0.25, 0.3) is 0 Å². The van der Waals surface area contributed by atoms with E-state index in [1.165, 1.54) is 16.4 Å². The van der Waals surface area contributed by atoms with Crippen LogP contribution in [0.15, 0.2) is 59.5 Å². The lowest BCUT2D eigenvalue weighted by Crippen LogP contribution is -2.45. The summed E-state index contributed by atoms with van der Waals surface area (Å²) in [5.41, 5.74) is 1.02. The van der Waals surface area contributed by atoms with Crippen molar-refractivity contribution in [1.82, 2.24) is 9.62 Å². The van der Waals surface area contributed by atoms with Crippen molar-refractivity contribution in [1.29, 1.82) is 0 Å². The lowest BCUT2D eigenvalue weighted by atomic mass is 9.98. The molecule has 2 atom stereocenters. The van der Waals surface area contributed by atoms with E-state index in [-0.39, 0.29) is 29.3 Å². The molecule has 1 saturated heterocycles. The van der Waals surface area contributed by atoms with Crippen LogP contribution in [0.1, 0.15) is 31.4 Å². The number of piperidine rings is 1. The van der Waals surface area contributed by atoms with Gasteiger partial charge in [-0.3, -0.25) is 4.79 Å². The highest BCUT2D eigenvalue weighted by atomic mass is 35.5. The van der Waals surface area contributed by atoms with Crippen LogP contribution in [0.2, 0.25) is 5.02 Å². The summed E-state index contributed by atoms with van der Waals surface area (Å²) < 4.78 is 27.1. The number of carbonyl (C=O) groups is 1. The molecule has 0 spiro atoms. The minimum Gasteiger partial charge on any atom is -0.349 e. The van der Waals surface area contributed by atoms with Crippen molar-refractivity contribution >= 4 is 27.5 Å². The molecule has 1 aliphatic heterocycles. The van der Waals surface area contributed by atoms with Gasteiger partial charge in [0.05, 0.1) is 16.9 Å². The van der Waals surface area contributed by atoms with Crippen LogP contribution in [0.5, 0.6) is 0 Å². The van der Waals surface area contributed by atoms with Gasteiger partial charge in [-0.1, -0.05) is 41.9 Å². The van der Waals surface area contributed by atoms with Crippen LogP contribution >= 0.6 is 11.6 Å². The number of nitrogens with one attached hydrogen (secondary N) is 1. The molecule has 0 unspecified atom stereocenters. The first kappa shape index (κ1) is 19.9. The van der Waals surface area contributed by atoms with Gasteiger partial charge in [-0.15, -0.1) is 0 Å². The van der Waals surface area contributed by atoms with E-state index < -0.39 is 10.0 Å². The molecule has 1 amide bonds. The summed E-state index contributed by atoms with van der Waals surface area (Å²) in [5, 5.41) is 3.49. The minimum absolute atomic E-state index is 0.109. The highest BCUT2D eigenvalue weighted by Gasteiger charge is 2.33. The number of rotatable bonds is 5. The third kappa shape index (κ3) is 4.69. The van der Waals surface area contributed by atoms with Crippen molar-refractivity contribution in [2.45, 2.75) is 30.7 Å². The van der Waals surface area contributed by atoms with Crippen LogP contribution in [-0.4, -0.2) is 31.7 Å². The molecule has 7 heteroatoms. The highest BCUT2D eigenvalue weighted by molar-refractivity contribution is 7.89. The Hall–Kier alpha value is -1.89. The highest BCUT2D eigenvalue weighted by Crippen LogP contribution is 2.25. The average molecular weight is 407 g/mol. The van der Waals surface area contributed by atoms with Gasteiger partial charge in [0.15, 0.2) is 0 Å². The number of hydrogen-bond acceptors (Lipinski definition) is 3. The van der Waals surface area contributed by atoms with Gasteiger partial charge in [-0.05, 0) is 49.6 Å². The number of benzene rings is 2. The van der Waals surface area contributed by atoms with Crippen molar-refractivity contribution in [3.05, 3.63) is 65.2 Å². The summed E-state index contributed by atoms with van der Waals surface area (Å²) in [5.74, 6) is -0.464. The summed E-state index contributed by atoms with van der Waals surface area (Å²) in [6.07, 6.45) is 1.34. The van der Waals surface area contributed by atoms with E-state index in [9.17, 15) is 13.2 Å². The first-order valence-electron chi connectivity index (χ1n) is 8.99. The molecule has 1 heterocycles. The normalized spacial score (nSPS) is 19.4. The van der Waals surface area contributed by atoms with Crippen molar-refractivity contribution in [2.24, 2.45) is 5.92 Å². The molecular weight excluding hydrogens is 384 g/mol. The number of hydrogen-bond donors (Lipinski definition) is 1. The maximum atomic E-state index is 12.9. The zero-order valence-electron chi connectivity index (χ0n) is 15.1. The lowest BCUT2D eigenvalue weighted by Gasteiger charge is -2.32. The number of carbonyl (C=O) groups excluding carboxylic acids is 1. The Bertz CT molecular complexity index is 885. The van der Waals surface area contributed by atoms with E-state index in [0.717, 1.165) is 5.56 Å². The van der Waals surface area contributed by atoms with Crippen LogP contribution < -0.4 is 5.32 Å². The van der Waals surface area contributed by atoms with E-state index >= 15 is 0 Å².